The lowest BCUT2D eigenvalue weighted by molar-refractivity contribution is -0.123. The number of hydrogen-bond donors (Lipinski definition) is 2. The van der Waals surface area contributed by atoms with Crippen molar-refractivity contribution >= 4 is 18.2 Å². The van der Waals surface area contributed by atoms with Gasteiger partial charge in [0.15, 0.2) is 0 Å². The molecule has 0 saturated carbocycles. The summed E-state index contributed by atoms with van der Waals surface area (Å²) in [6.45, 7) is 3.85. The standard InChI is InChI=1S/C21H25N3O4/c1-4-28-21(26)23-19(13-16-8-6-5-7-9-16)20(25)24-22-14-17-10-11-18(27-3)12-15(17)2/h5-12,14,19H,4,13H2,1-3H3,(H,23,26)(H,24,25)/b22-14-/t19-/m0/s1. The molecule has 0 aliphatic heterocycles. The van der Waals surface area contributed by atoms with Gasteiger partial charge in [-0.15, -0.1) is 0 Å². The van der Waals surface area contributed by atoms with Gasteiger partial charge in [0.2, 0.25) is 0 Å². The highest BCUT2D eigenvalue weighted by Crippen LogP contribution is 2.15. The smallest absolute Gasteiger partial charge is 0.407 e. The second-order valence-corrected chi connectivity index (χ2v) is 6.06. The van der Waals surface area contributed by atoms with Crippen LogP contribution >= 0.6 is 0 Å². The molecule has 0 bridgehead atoms. The number of hydrogen-bond acceptors (Lipinski definition) is 5. The summed E-state index contributed by atoms with van der Waals surface area (Å²) >= 11 is 0. The molecule has 7 nitrogen and oxygen atoms in total. The molecule has 28 heavy (non-hydrogen) atoms. The lowest BCUT2D eigenvalue weighted by Crippen LogP contribution is -2.47. The number of ether oxygens (including phenoxy) is 2. The third-order valence-electron chi connectivity index (χ3n) is 4.02. The van der Waals surface area contributed by atoms with Crippen molar-refractivity contribution in [3.8, 4) is 5.75 Å². The van der Waals surface area contributed by atoms with Gasteiger partial charge in [-0.2, -0.15) is 5.10 Å². The van der Waals surface area contributed by atoms with Crippen LogP contribution in [0.25, 0.3) is 0 Å². The van der Waals surface area contributed by atoms with E-state index in [1.165, 1.54) is 0 Å². The Hall–Kier alpha value is -3.35. The second-order valence-electron chi connectivity index (χ2n) is 6.06. The van der Waals surface area contributed by atoms with E-state index in [0.717, 1.165) is 22.4 Å². The van der Waals surface area contributed by atoms with Gasteiger partial charge in [-0.05, 0) is 48.7 Å². The molecule has 1 atom stereocenters. The van der Waals surface area contributed by atoms with E-state index in [1.807, 2.05) is 55.5 Å². The van der Waals surface area contributed by atoms with Gasteiger partial charge in [-0.3, -0.25) is 4.79 Å². The van der Waals surface area contributed by atoms with E-state index in [0.29, 0.717) is 6.42 Å². The zero-order valence-corrected chi connectivity index (χ0v) is 16.3. The summed E-state index contributed by atoms with van der Waals surface area (Å²) < 4.78 is 10.1. The van der Waals surface area contributed by atoms with Gasteiger partial charge in [0, 0.05) is 6.42 Å². The van der Waals surface area contributed by atoms with Crippen molar-refractivity contribution in [2.45, 2.75) is 26.3 Å². The Morgan fingerprint density at radius 3 is 2.57 bits per heavy atom. The Morgan fingerprint density at radius 2 is 1.93 bits per heavy atom. The first kappa shape index (κ1) is 21.0. The number of alkyl carbamates (subject to hydrolysis) is 1. The van der Waals surface area contributed by atoms with Crippen LogP contribution < -0.4 is 15.5 Å². The van der Waals surface area contributed by atoms with Gasteiger partial charge in [0.05, 0.1) is 19.9 Å². The monoisotopic (exact) mass is 383 g/mol. The summed E-state index contributed by atoms with van der Waals surface area (Å²) in [5.41, 5.74) is 5.20. The first-order chi connectivity index (χ1) is 13.5. The molecule has 0 heterocycles. The Kier molecular flexibility index (Phi) is 8.02. The Bertz CT molecular complexity index is 822. The summed E-state index contributed by atoms with van der Waals surface area (Å²) in [6.07, 6.45) is 1.23. The SMILES string of the molecule is CCOC(=O)N[C@@H](Cc1ccccc1)C(=O)N/N=C\c1ccc(OC)cc1C. The summed E-state index contributed by atoms with van der Waals surface area (Å²) in [6, 6.07) is 14.1. The number of benzene rings is 2. The molecule has 7 heteroatoms. The quantitative estimate of drug-likeness (QED) is 0.542. The van der Waals surface area contributed by atoms with Crippen molar-refractivity contribution in [3.63, 3.8) is 0 Å². The third kappa shape index (κ3) is 6.42. The van der Waals surface area contributed by atoms with Gasteiger partial charge >= 0.3 is 6.09 Å². The van der Waals surface area contributed by atoms with Crippen LogP contribution in [0.4, 0.5) is 4.79 Å². The fourth-order valence-electron chi connectivity index (χ4n) is 2.54. The highest BCUT2D eigenvalue weighted by molar-refractivity contribution is 5.88. The number of carbonyl (C=O) groups excluding carboxylic acids is 2. The number of carbonyl (C=O) groups is 2. The molecule has 0 spiro atoms. The minimum absolute atomic E-state index is 0.223. The van der Waals surface area contributed by atoms with Gasteiger partial charge in [0.1, 0.15) is 11.8 Å². The lowest BCUT2D eigenvalue weighted by Gasteiger charge is -2.16. The maximum atomic E-state index is 12.5. The summed E-state index contributed by atoms with van der Waals surface area (Å²) in [5.74, 6) is 0.319. The van der Waals surface area contributed by atoms with E-state index in [9.17, 15) is 9.59 Å². The molecule has 148 valence electrons. The third-order valence-corrected chi connectivity index (χ3v) is 4.02. The molecule has 2 aromatic carbocycles. The predicted octanol–water partition coefficient (Wildman–Crippen LogP) is 2.81. The molecule has 0 aromatic heterocycles. The molecular formula is C21H25N3O4. The van der Waals surface area contributed by atoms with Crippen molar-refractivity contribution in [3.05, 3.63) is 65.2 Å². The van der Waals surface area contributed by atoms with Gasteiger partial charge < -0.3 is 14.8 Å². The fraction of sp³-hybridized carbons (Fsp3) is 0.286. The normalized spacial score (nSPS) is 11.7. The molecule has 0 aliphatic carbocycles. The molecule has 2 aromatic rings. The number of methoxy groups -OCH3 is 1. The van der Waals surface area contributed by atoms with E-state index in [-0.39, 0.29) is 6.61 Å². The van der Waals surface area contributed by atoms with Crippen molar-refractivity contribution in [2.75, 3.05) is 13.7 Å². The maximum Gasteiger partial charge on any atom is 0.407 e. The van der Waals surface area contributed by atoms with E-state index in [4.69, 9.17) is 9.47 Å². The zero-order valence-electron chi connectivity index (χ0n) is 16.3. The van der Waals surface area contributed by atoms with Crippen LogP contribution in [0.2, 0.25) is 0 Å². The Labute approximate surface area is 164 Å². The van der Waals surface area contributed by atoms with Gasteiger partial charge in [0.25, 0.3) is 5.91 Å². The molecule has 2 rings (SSSR count). The first-order valence-electron chi connectivity index (χ1n) is 8.98. The van der Waals surface area contributed by atoms with Crippen LogP contribution in [0.15, 0.2) is 53.6 Å². The first-order valence-corrected chi connectivity index (χ1v) is 8.98. The van der Waals surface area contributed by atoms with E-state index in [1.54, 1.807) is 20.2 Å². The van der Waals surface area contributed by atoms with Crippen molar-refractivity contribution in [1.29, 1.82) is 0 Å². The summed E-state index contributed by atoms with van der Waals surface area (Å²) in [5, 5.41) is 6.59. The number of amides is 2. The van der Waals surface area contributed by atoms with E-state index >= 15 is 0 Å². The van der Waals surface area contributed by atoms with E-state index in [2.05, 4.69) is 15.8 Å². The number of hydrazone groups is 1. The molecule has 0 unspecified atom stereocenters. The van der Waals surface area contributed by atoms with Crippen LogP contribution in [-0.4, -0.2) is 38.0 Å². The second kappa shape index (κ2) is 10.7. The van der Waals surface area contributed by atoms with Crippen LogP contribution in [-0.2, 0) is 16.0 Å². The van der Waals surface area contributed by atoms with Crippen LogP contribution in [0.1, 0.15) is 23.6 Å². The fourth-order valence-corrected chi connectivity index (χ4v) is 2.54. The van der Waals surface area contributed by atoms with Gasteiger partial charge in [-0.25, -0.2) is 10.2 Å². The maximum absolute atomic E-state index is 12.5. The van der Waals surface area contributed by atoms with Crippen LogP contribution in [0.3, 0.4) is 0 Å². The highest BCUT2D eigenvalue weighted by Gasteiger charge is 2.21. The largest absolute Gasteiger partial charge is 0.497 e. The minimum atomic E-state index is -0.810. The molecular weight excluding hydrogens is 358 g/mol. The molecule has 0 aliphatic rings. The highest BCUT2D eigenvalue weighted by atomic mass is 16.5. The Morgan fingerprint density at radius 1 is 1.18 bits per heavy atom. The van der Waals surface area contributed by atoms with Crippen LogP contribution in [0.5, 0.6) is 5.75 Å². The molecule has 2 amide bonds. The Balaban J connectivity index is 2.05. The molecule has 0 saturated heterocycles. The van der Waals surface area contributed by atoms with Crippen molar-refractivity contribution in [2.24, 2.45) is 5.10 Å². The van der Waals surface area contributed by atoms with E-state index < -0.39 is 18.0 Å². The van der Waals surface area contributed by atoms with Crippen molar-refractivity contribution in [1.82, 2.24) is 10.7 Å². The number of nitrogens with one attached hydrogen (secondary N) is 2. The zero-order chi connectivity index (χ0) is 20.4. The topological polar surface area (TPSA) is 89.0 Å². The summed E-state index contributed by atoms with van der Waals surface area (Å²) in [4.78, 5) is 24.3. The number of aryl methyl sites for hydroxylation is 1. The average Bonchev–Trinajstić information content (AvgIpc) is 2.69. The molecule has 0 fully saturated rings. The van der Waals surface area contributed by atoms with Crippen molar-refractivity contribution < 1.29 is 19.1 Å². The number of rotatable bonds is 8. The van der Waals surface area contributed by atoms with Crippen LogP contribution in [0, 0.1) is 6.92 Å². The average molecular weight is 383 g/mol. The van der Waals surface area contributed by atoms with Gasteiger partial charge in [-0.1, -0.05) is 30.3 Å². The predicted molar refractivity (Wildman–Crippen MR) is 108 cm³/mol. The molecule has 0 radical (unpaired) electrons. The number of nitrogens with zero attached hydrogens (tertiary/aromatic N) is 1. The minimum Gasteiger partial charge on any atom is -0.497 e. The lowest BCUT2D eigenvalue weighted by atomic mass is 10.1. The molecule has 2 N–H and O–H groups in total. The summed E-state index contributed by atoms with van der Waals surface area (Å²) in [7, 11) is 1.60.